The first-order valence-corrected chi connectivity index (χ1v) is 13.6. The van der Waals surface area contributed by atoms with Crippen molar-refractivity contribution in [2.45, 2.75) is 4.90 Å². The second-order valence-electron chi connectivity index (χ2n) is 8.15. The highest BCUT2D eigenvalue weighted by Gasteiger charge is 2.31. The van der Waals surface area contributed by atoms with E-state index in [4.69, 9.17) is 28.6 Å². The van der Waals surface area contributed by atoms with Gasteiger partial charge in [0.25, 0.3) is 0 Å². The molecule has 0 spiro atoms. The van der Waals surface area contributed by atoms with Crippen LogP contribution in [0, 0.1) is 28.7 Å². The highest BCUT2D eigenvalue weighted by atomic mass is 79.9. The monoisotopic (exact) mass is 685 g/mol. The molecule has 1 aliphatic rings. The molecule has 0 radical (unpaired) electrons. The maximum atomic E-state index is 15.1. The number of halogens is 7. The van der Waals surface area contributed by atoms with E-state index in [1.54, 1.807) is 18.2 Å². The highest BCUT2D eigenvalue weighted by molar-refractivity contribution is 9.11. The van der Waals surface area contributed by atoms with Crippen LogP contribution in [0.2, 0.25) is 10.0 Å². The van der Waals surface area contributed by atoms with Crippen LogP contribution in [0.5, 0.6) is 0 Å². The number of ketones is 1. The third-order valence-corrected chi connectivity index (χ3v) is 7.11. The van der Waals surface area contributed by atoms with Crippen LogP contribution in [-0.4, -0.2) is 29.9 Å². The van der Waals surface area contributed by atoms with Crippen molar-refractivity contribution >= 4 is 74.7 Å². The van der Waals surface area contributed by atoms with Crippen molar-refractivity contribution in [3.05, 3.63) is 127 Å². The molecule has 1 heterocycles. The van der Waals surface area contributed by atoms with Crippen molar-refractivity contribution < 1.29 is 27.2 Å². The lowest BCUT2D eigenvalue weighted by molar-refractivity contribution is 0.102. The predicted octanol–water partition coefficient (Wildman–Crippen LogP) is 8.99. The van der Waals surface area contributed by atoms with Crippen LogP contribution in [0.15, 0.2) is 87.9 Å². The number of nitrogens with zero attached hydrogens (tertiary/aromatic N) is 1. The molecule has 41 heavy (non-hydrogen) atoms. The lowest BCUT2D eigenvalue weighted by atomic mass is 9.97. The predicted molar refractivity (Wildman–Crippen MR) is 158 cm³/mol. The summed E-state index contributed by atoms with van der Waals surface area (Å²) in [7, 11) is 1.52. The summed E-state index contributed by atoms with van der Waals surface area (Å²) < 4.78 is 59.5. The first kappa shape index (κ1) is 32.1. The van der Waals surface area contributed by atoms with Gasteiger partial charge < -0.3 is 9.62 Å². The van der Waals surface area contributed by atoms with E-state index in [2.05, 4.69) is 27.2 Å². The average Bonchev–Trinajstić information content (AvgIpc) is 3.18. The number of carbonyl (C=O) groups is 2. The fraction of sp³-hybridized carbons (Fsp3) is 0.0357. The molecule has 3 aromatic carbocycles. The molecule has 13 heteroatoms. The van der Waals surface area contributed by atoms with Crippen LogP contribution in [0.1, 0.15) is 20.7 Å². The van der Waals surface area contributed by atoms with Crippen LogP contribution in [-0.2, 0) is 0 Å². The summed E-state index contributed by atoms with van der Waals surface area (Å²) in [6.45, 7) is 3.63. The van der Waals surface area contributed by atoms with Gasteiger partial charge in [-0.25, -0.2) is 17.6 Å². The van der Waals surface area contributed by atoms with Crippen molar-refractivity contribution in [3.8, 4) is 0 Å². The van der Waals surface area contributed by atoms with Gasteiger partial charge in [-0.05, 0) is 60.5 Å². The molecule has 0 amide bonds. The average molecular weight is 687 g/mol. The van der Waals surface area contributed by atoms with Crippen molar-refractivity contribution in [3.63, 3.8) is 0 Å². The van der Waals surface area contributed by atoms with E-state index >= 15 is 4.39 Å². The summed E-state index contributed by atoms with van der Waals surface area (Å²) in [5.74, 6) is -4.75. The van der Waals surface area contributed by atoms with Gasteiger partial charge in [-0.2, -0.15) is 0 Å². The van der Waals surface area contributed by atoms with Gasteiger partial charge in [-0.3, -0.25) is 15.0 Å². The number of likely N-dealkylation sites (N-methyl/N-ethyl adjacent to an activating group) is 1. The second kappa shape index (κ2) is 14.0. The maximum absolute atomic E-state index is 15.1. The van der Waals surface area contributed by atoms with Gasteiger partial charge in [0.2, 0.25) is 5.78 Å². The lowest BCUT2D eigenvalue weighted by Crippen LogP contribution is -2.16. The van der Waals surface area contributed by atoms with Crippen molar-refractivity contribution in [2.75, 3.05) is 11.8 Å². The molecule has 0 bridgehead atoms. The number of hydrogen-bond acceptors (Lipinski definition) is 5. The number of hydrogen-bond donors (Lipinski definition) is 2. The molecule has 2 N–H and O–H groups in total. The molecule has 212 valence electrons. The molecule has 5 nitrogen and oxygen atoms in total. The summed E-state index contributed by atoms with van der Waals surface area (Å²) in [5.41, 5.74) is -0.734. The Labute approximate surface area is 255 Å². The minimum absolute atomic E-state index is 0.0452. The van der Waals surface area contributed by atoms with Gasteiger partial charge in [0.1, 0.15) is 23.3 Å². The Kier molecular flexibility index (Phi) is 11.0. The zero-order chi connectivity index (χ0) is 30.4. The quantitative estimate of drug-likeness (QED) is 0.112. The zero-order valence-electron chi connectivity index (χ0n) is 20.9. The molecule has 0 fully saturated rings. The lowest BCUT2D eigenvalue weighted by Gasteiger charge is -2.12. The summed E-state index contributed by atoms with van der Waals surface area (Å²) in [6, 6.07) is 9.63. The SMILES string of the molecule is C=C(Br)/C=C1\C(=N)N(C)C=C1C(=O)c1c(F)ccc(NSc2cc(F)ccc2F)c1F.O=Cc1c(Cl)cccc1Cl. The van der Waals surface area contributed by atoms with E-state index in [9.17, 15) is 22.8 Å². The normalized spacial score (nSPS) is 13.5. The summed E-state index contributed by atoms with van der Waals surface area (Å²) in [6.07, 6.45) is 3.34. The molecule has 0 unspecified atom stereocenters. The first-order valence-electron chi connectivity index (χ1n) is 11.3. The van der Waals surface area contributed by atoms with Gasteiger partial charge >= 0.3 is 0 Å². The van der Waals surface area contributed by atoms with Crippen molar-refractivity contribution in [1.82, 2.24) is 4.90 Å². The second-order valence-corrected chi connectivity index (χ2v) is 10.8. The summed E-state index contributed by atoms with van der Waals surface area (Å²) in [5, 5.41) is 8.84. The van der Waals surface area contributed by atoms with Gasteiger partial charge in [-0.15, -0.1) is 0 Å². The fourth-order valence-corrected chi connectivity index (χ4v) is 4.82. The third-order valence-electron chi connectivity index (χ3n) is 5.37. The highest BCUT2D eigenvalue weighted by Crippen LogP contribution is 2.33. The minimum Gasteiger partial charge on any atom is -0.335 e. The molecule has 3 aromatic rings. The molecule has 0 saturated heterocycles. The summed E-state index contributed by atoms with van der Waals surface area (Å²) in [4.78, 5) is 24.5. The van der Waals surface area contributed by atoms with E-state index in [0.717, 1.165) is 30.3 Å². The van der Waals surface area contributed by atoms with Gasteiger partial charge in [0, 0.05) is 28.9 Å². The molecule has 0 aliphatic carbocycles. The third kappa shape index (κ3) is 7.68. The van der Waals surface area contributed by atoms with Crippen LogP contribution in [0.3, 0.4) is 0 Å². The minimum atomic E-state index is -1.20. The number of anilines is 1. The molecule has 0 aromatic heterocycles. The number of nitrogens with one attached hydrogen (secondary N) is 2. The van der Waals surface area contributed by atoms with Crippen LogP contribution in [0.25, 0.3) is 0 Å². The summed E-state index contributed by atoms with van der Waals surface area (Å²) >= 11 is 14.9. The zero-order valence-corrected chi connectivity index (χ0v) is 24.8. The van der Waals surface area contributed by atoms with E-state index in [1.165, 1.54) is 24.2 Å². The Morgan fingerprint density at radius 2 is 1.71 bits per heavy atom. The molecular formula is C28H18BrCl2F4N3O2S. The number of aldehydes is 1. The van der Waals surface area contributed by atoms with E-state index in [0.29, 0.717) is 38.3 Å². The maximum Gasteiger partial charge on any atom is 0.201 e. The number of benzene rings is 3. The first-order chi connectivity index (χ1) is 19.3. The number of Topliss-reactive ketones (excluding diaryl/α,β-unsaturated/α-hetero) is 1. The largest absolute Gasteiger partial charge is 0.335 e. The van der Waals surface area contributed by atoms with E-state index in [1.807, 2.05) is 0 Å². The number of allylic oxidation sites excluding steroid dienone is 2. The Hall–Kier alpha value is -3.38. The van der Waals surface area contributed by atoms with E-state index < -0.39 is 34.6 Å². The van der Waals surface area contributed by atoms with E-state index in [-0.39, 0.29) is 27.6 Å². The van der Waals surface area contributed by atoms with Gasteiger partial charge in [0.15, 0.2) is 12.1 Å². The smallest absolute Gasteiger partial charge is 0.201 e. The molecule has 4 rings (SSSR count). The number of carbonyl (C=O) groups excluding carboxylic acids is 2. The Morgan fingerprint density at radius 3 is 2.29 bits per heavy atom. The fourth-order valence-electron chi connectivity index (χ4n) is 3.39. The molecule has 0 saturated carbocycles. The van der Waals surface area contributed by atoms with Crippen LogP contribution >= 0.6 is 51.1 Å². The Balaban J connectivity index is 0.000000389. The van der Waals surface area contributed by atoms with Crippen molar-refractivity contribution in [1.29, 1.82) is 5.41 Å². The molecule has 0 atom stereocenters. The Bertz CT molecular complexity index is 1610. The molecule has 1 aliphatic heterocycles. The van der Waals surface area contributed by atoms with Crippen LogP contribution < -0.4 is 4.72 Å². The standard InChI is InChI=1S/C21H14BrF4N3OS.C7H4Cl2O/c1-10(22)7-12-13(9-29(2)21(12)27)20(30)18-15(25)5-6-16(19(18)26)28-31-17-8-11(23)3-4-14(17)24;8-6-2-1-3-7(9)5(6)4-10/h3-9,27-28H,1H2,2H3;1-4H/b12-7-,27-21?;. The topological polar surface area (TPSA) is 73.3 Å². The van der Waals surface area contributed by atoms with Gasteiger partial charge in [0.05, 0.1) is 31.8 Å². The van der Waals surface area contributed by atoms with Gasteiger partial charge in [-0.1, -0.05) is 51.8 Å². The molecular weight excluding hydrogens is 669 g/mol. The van der Waals surface area contributed by atoms with Crippen molar-refractivity contribution in [2.24, 2.45) is 0 Å². The Morgan fingerprint density at radius 1 is 1.07 bits per heavy atom. The number of rotatable bonds is 7. The number of amidine groups is 1. The van der Waals surface area contributed by atoms with Crippen LogP contribution in [0.4, 0.5) is 23.2 Å².